The summed E-state index contributed by atoms with van der Waals surface area (Å²) in [6, 6.07) is 6.31. The first kappa shape index (κ1) is 44.0. The van der Waals surface area contributed by atoms with Crippen LogP contribution < -0.4 is 9.67 Å². The molecule has 0 saturated carbocycles. The zero-order valence-corrected chi connectivity index (χ0v) is 30.1. The summed E-state index contributed by atoms with van der Waals surface area (Å²) in [5.74, 6) is -3.67. The maximum atomic E-state index is 11.4. The van der Waals surface area contributed by atoms with E-state index in [1.807, 2.05) is 0 Å². The lowest BCUT2D eigenvalue weighted by molar-refractivity contribution is -0.697. The minimum atomic E-state index is -5.07. The van der Waals surface area contributed by atoms with Gasteiger partial charge in [0.25, 0.3) is 10.1 Å². The van der Waals surface area contributed by atoms with Crippen LogP contribution in [0.3, 0.4) is 0 Å². The molecule has 2 N–H and O–H groups in total. The van der Waals surface area contributed by atoms with E-state index in [1.54, 1.807) is 0 Å². The van der Waals surface area contributed by atoms with Crippen LogP contribution in [0.2, 0.25) is 0 Å². The predicted molar refractivity (Wildman–Crippen MR) is 185 cm³/mol. The number of unbranched alkanes of at least 4 members (excludes halogenated alkanes) is 22. The number of aliphatic carboxylic acids is 2. The maximum absolute atomic E-state index is 11.4. The molecule has 268 valence electrons. The van der Waals surface area contributed by atoms with Crippen LogP contribution in [0, 0.1) is 0 Å². The van der Waals surface area contributed by atoms with Gasteiger partial charge in [-0.3, -0.25) is 9.35 Å². The van der Waals surface area contributed by atoms with Crippen molar-refractivity contribution in [3.05, 3.63) is 30.6 Å². The summed E-state index contributed by atoms with van der Waals surface area (Å²) in [5.41, 5.74) is 0. The second kappa shape index (κ2) is 29.2. The molecular formula is C37H67NO7S. The Morgan fingerprint density at radius 3 is 1.28 bits per heavy atom. The number of hydrogen-bond acceptors (Lipinski definition) is 5. The van der Waals surface area contributed by atoms with Gasteiger partial charge in [0.15, 0.2) is 12.4 Å². The van der Waals surface area contributed by atoms with Crippen LogP contribution in [0.25, 0.3) is 0 Å². The fraction of sp³-hybridized carbons (Fsp3) is 0.811. The number of carbonyl (C=O) groups excluding carboxylic acids is 1. The predicted octanol–water partition coefficient (Wildman–Crippen LogP) is 8.60. The SMILES string of the molecule is CCCCCCCCCCCCC(CC(=O)O)(C(=O)[O-])S(=O)(=O)O.CCCCCCCCCCCCCCCC[n+]1ccccc1. The molecule has 0 amide bonds. The summed E-state index contributed by atoms with van der Waals surface area (Å²) < 4.78 is 31.5. The third-order valence-corrected chi connectivity index (χ3v) is 10.3. The lowest BCUT2D eigenvalue weighted by Gasteiger charge is -2.30. The Balaban J connectivity index is 0.000000883. The number of carbonyl (C=O) groups is 2. The Morgan fingerprint density at radius 2 is 0.957 bits per heavy atom. The average Bonchev–Trinajstić information content (AvgIpc) is 3.01. The first-order valence-electron chi connectivity index (χ1n) is 18.4. The standard InChI is InChI=1S/C21H38N.C16H30O7S/c1-2-3-4-5-6-7-8-9-10-11-12-13-14-16-19-22-20-17-15-18-21-22;1-2-3-4-5-6-7-8-9-10-11-12-16(15(19)20,13-14(17)18)24(21,22)23/h15,17-18,20-21H,2-14,16,19H2,1H3;2-13H2,1H3,(H,17,18)(H,19,20)(H,21,22,23)/q+1;/p-1. The minimum absolute atomic E-state index is 0.205. The lowest BCUT2D eigenvalue weighted by Crippen LogP contribution is -2.54. The molecule has 1 aromatic heterocycles. The fourth-order valence-corrected chi connectivity index (χ4v) is 6.72. The number of carboxylic acid groups (broad SMARTS) is 2. The van der Waals surface area contributed by atoms with E-state index in [9.17, 15) is 27.7 Å². The highest BCUT2D eigenvalue weighted by Gasteiger charge is 2.46. The minimum Gasteiger partial charge on any atom is -0.548 e. The summed E-state index contributed by atoms with van der Waals surface area (Å²) in [7, 11) is -5.07. The van der Waals surface area contributed by atoms with Gasteiger partial charge in [-0.05, 0) is 12.8 Å². The van der Waals surface area contributed by atoms with E-state index in [2.05, 4.69) is 49.0 Å². The highest BCUT2D eigenvalue weighted by molar-refractivity contribution is 7.88. The molecule has 0 spiro atoms. The Morgan fingerprint density at radius 1 is 0.609 bits per heavy atom. The maximum Gasteiger partial charge on any atom is 0.305 e. The zero-order chi connectivity index (χ0) is 34.4. The summed E-state index contributed by atoms with van der Waals surface area (Å²) in [4.78, 5) is 22.0. The van der Waals surface area contributed by atoms with Gasteiger partial charge in [0, 0.05) is 18.6 Å². The van der Waals surface area contributed by atoms with Crippen molar-refractivity contribution >= 4 is 22.1 Å². The monoisotopic (exact) mass is 669 g/mol. The van der Waals surface area contributed by atoms with E-state index < -0.39 is 39.6 Å². The zero-order valence-electron chi connectivity index (χ0n) is 29.3. The first-order chi connectivity index (χ1) is 22.1. The highest BCUT2D eigenvalue weighted by Crippen LogP contribution is 2.28. The average molecular weight is 670 g/mol. The van der Waals surface area contributed by atoms with Gasteiger partial charge in [-0.2, -0.15) is 8.42 Å². The molecule has 1 rings (SSSR count). The molecule has 1 unspecified atom stereocenters. The van der Waals surface area contributed by atoms with Gasteiger partial charge in [-0.1, -0.05) is 161 Å². The van der Waals surface area contributed by atoms with Crippen molar-refractivity contribution in [2.75, 3.05) is 0 Å². The Kier molecular flexibility index (Phi) is 27.9. The molecule has 0 aliphatic carbocycles. The first-order valence-corrected chi connectivity index (χ1v) is 19.9. The van der Waals surface area contributed by atoms with Gasteiger partial charge in [-0.25, -0.2) is 4.57 Å². The Hall–Kier alpha value is -2.00. The molecule has 0 aliphatic heterocycles. The van der Waals surface area contributed by atoms with Gasteiger partial charge in [0.05, 0.1) is 12.4 Å². The molecule has 0 saturated heterocycles. The molecule has 0 aliphatic rings. The number of carboxylic acids is 2. The third kappa shape index (κ3) is 23.3. The van der Waals surface area contributed by atoms with Gasteiger partial charge >= 0.3 is 5.97 Å². The van der Waals surface area contributed by atoms with E-state index in [-0.39, 0.29) is 6.42 Å². The van der Waals surface area contributed by atoms with Crippen LogP contribution in [-0.2, 0) is 26.3 Å². The third-order valence-electron chi connectivity index (χ3n) is 8.78. The molecule has 0 fully saturated rings. The highest BCUT2D eigenvalue weighted by atomic mass is 32.2. The van der Waals surface area contributed by atoms with E-state index >= 15 is 0 Å². The van der Waals surface area contributed by atoms with E-state index in [0.717, 1.165) is 25.7 Å². The topological polar surface area (TPSA) is 136 Å². The van der Waals surface area contributed by atoms with Crippen LogP contribution in [0.1, 0.15) is 181 Å². The normalized spacial score (nSPS) is 12.7. The number of pyridine rings is 1. The second-order valence-electron chi connectivity index (χ2n) is 13.0. The molecule has 1 atom stereocenters. The molecule has 0 bridgehead atoms. The van der Waals surface area contributed by atoms with E-state index in [1.165, 1.54) is 122 Å². The molecule has 0 radical (unpaired) electrons. The van der Waals surface area contributed by atoms with E-state index in [0.29, 0.717) is 6.42 Å². The summed E-state index contributed by atoms with van der Waals surface area (Å²) >= 11 is 0. The summed E-state index contributed by atoms with van der Waals surface area (Å²) in [6.45, 7) is 5.63. The lowest BCUT2D eigenvalue weighted by atomic mass is 9.96. The van der Waals surface area contributed by atoms with Crippen molar-refractivity contribution in [1.82, 2.24) is 0 Å². The molecular weight excluding hydrogens is 602 g/mol. The van der Waals surface area contributed by atoms with Crippen molar-refractivity contribution < 1.29 is 37.3 Å². The largest absolute Gasteiger partial charge is 0.548 e. The number of aromatic nitrogens is 1. The quantitative estimate of drug-likeness (QED) is 0.0476. The molecule has 8 nitrogen and oxygen atoms in total. The van der Waals surface area contributed by atoms with Crippen LogP contribution >= 0.6 is 0 Å². The fourth-order valence-electron chi connectivity index (χ4n) is 5.80. The molecule has 0 aromatic carbocycles. The molecule has 1 aromatic rings. The number of nitrogens with zero attached hydrogens (tertiary/aromatic N) is 1. The van der Waals surface area contributed by atoms with Gasteiger partial charge in [0.2, 0.25) is 0 Å². The van der Waals surface area contributed by atoms with Crippen molar-refractivity contribution in [2.24, 2.45) is 0 Å². The molecule has 46 heavy (non-hydrogen) atoms. The van der Waals surface area contributed by atoms with Crippen LogP contribution in [0.5, 0.6) is 0 Å². The molecule has 9 heteroatoms. The van der Waals surface area contributed by atoms with Crippen LogP contribution in [-0.4, -0.2) is 34.8 Å². The van der Waals surface area contributed by atoms with Gasteiger partial charge in [0.1, 0.15) is 11.3 Å². The smallest absolute Gasteiger partial charge is 0.305 e. The summed E-state index contributed by atoms with van der Waals surface area (Å²) in [5, 5.41) is 19.9. The number of hydrogen-bond donors (Lipinski definition) is 2. The van der Waals surface area contributed by atoms with Gasteiger partial charge in [-0.15, -0.1) is 0 Å². The van der Waals surface area contributed by atoms with Gasteiger partial charge < -0.3 is 15.0 Å². The van der Waals surface area contributed by atoms with Crippen molar-refractivity contribution in [3.8, 4) is 0 Å². The van der Waals surface area contributed by atoms with E-state index in [4.69, 9.17) is 5.11 Å². The number of aryl methyl sites for hydroxylation is 1. The summed E-state index contributed by atoms with van der Waals surface area (Å²) in [6.07, 6.45) is 32.4. The van der Waals surface area contributed by atoms with Crippen molar-refractivity contribution in [2.45, 2.75) is 192 Å². The number of rotatable bonds is 30. The van der Waals surface area contributed by atoms with Crippen molar-refractivity contribution in [1.29, 1.82) is 0 Å². The Labute approximate surface area is 281 Å². The Bertz CT molecular complexity index is 971. The van der Waals surface area contributed by atoms with Crippen molar-refractivity contribution in [3.63, 3.8) is 0 Å². The second-order valence-corrected chi connectivity index (χ2v) is 14.7. The molecule has 1 heterocycles. The van der Waals surface area contributed by atoms with Crippen LogP contribution in [0.4, 0.5) is 0 Å². The van der Waals surface area contributed by atoms with Crippen LogP contribution in [0.15, 0.2) is 30.6 Å².